The van der Waals surface area contributed by atoms with Gasteiger partial charge in [0.15, 0.2) is 11.6 Å². The van der Waals surface area contributed by atoms with Crippen molar-refractivity contribution < 1.29 is 8.78 Å². The van der Waals surface area contributed by atoms with Gasteiger partial charge in [-0.15, -0.1) is 5.73 Å². The van der Waals surface area contributed by atoms with Crippen molar-refractivity contribution in [2.24, 2.45) is 5.41 Å². The van der Waals surface area contributed by atoms with Crippen LogP contribution in [0.5, 0.6) is 0 Å². The number of hydrogen-bond acceptors (Lipinski definition) is 0. The lowest BCUT2D eigenvalue weighted by atomic mass is 9.73. The van der Waals surface area contributed by atoms with Crippen LogP contribution in [-0.4, -0.2) is 0 Å². The zero-order valence-corrected chi connectivity index (χ0v) is 14.6. The predicted molar refractivity (Wildman–Crippen MR) is 94.3 cm³/mol. The Bertz CT molecular complexity index is 656. The van der Waals surface area contributed by atoms with Crippen LogP contribution < -0.4 is 0 Å². The first-order valence-corrected chi connectivity index (χ1v) is 7.94. The number of rotatable bonds is 7. The van der Waals surface area contributed by atoms with Crippen molar-refractivity contribution in [3.63, 3.8) is 0 Å². The topological polar surface area (TPSA) is 0 Å². The lowest BCUT2D eigenvalue weighted by molar-refractivity contribution is 0.406. The second-order valence-corrected chi connectivity index (χ2v) is 6.42. The van der Waals surface area contributed by atoms with Crippen molar-refractivity contribution in [3.8, 4) is 0 Å². The Balaban J connectivity index is 3.39. The van der Waals surface area contributed by atoms with Gasteiger partial charge in [0.25, 0.3) is 0 Å². The summed E-state index contributed by atoms with van der Waals surface area (Å²) in [6, 6.07) is 4.35. The summed E-state index contributed by atoms with van der Waals surface area (Å²) in [5, 5.41) is 0. The Hall–Kier alpha value is -1.92. The fourth-order valence-corrected chi connectivity index (χ4v) is 2.95. The molecular formula is C21H26F2. The third-order valence-corrected chi connectivity index (χ3v) is 4.18. The van der Waals surface area contributed by atoms with E-state index in [0.29, 0.717) is 12.0 Å². The van der Waals surface area contributed by atoms with Gasteiger partial charge >= 0.3 is 0 Å². The molecule has 0 atom stereocenters. The summed E-state index contributed by atoms with van der Waals surface area (Å²) in [6.07, 6.45) is 4.06. The molecular weight excluding hydrogens is 290 g/mol. The van der Waals surface area contributed by atoms with E-state index in [1.54, 1.807) is 12.1 Å². The first kappa shape index (κ1) is 19.1. The van der Waals surface area contributed by atoms with Crippen molar-refractivity contribution in [2.75, 3.05) is 0 Å². The highest BCUT2D eigenvalue weighted by Crippen LogP contribution is 2.38. The summed E-state index contributed by atoms with van der Waals surface area (Å²) in [6.45, 7) is 15.8. The molecule has 0 radical (unpaired) electrons. The summed E-state index contributed by atoms with van der Waals surface area (Å²) < 4.78 is 27.5. The smallest absolute Gasteiger partial charge is 0.162 e. The molecule has 0 aliphatic heterocycles. The van der Waals surface area contributed by atoms with Gasteiger partial charge in [0.05, 0.1) is 0 Å². The third kappa shape index (κ3) is 4.53. The molecule has 0 spiro atoms. The van der Waals surface area contributed by atoms with Crippen LogP contribution in [-0.2, 0) is 6.42 Å². The lowest BCUT2D eigenvalue weighted by Gasteiger charge is -2.31. The van der Waals surface area contributed by atoms with Crippen molar-refractivity contribution in [2.45, 2.75) is 47.0 Å². The minimum atomic E-state index is -0.801. The highest BCUT2D eigenvalue weighted by molar-refractivity contribution is 5.43. The van der Waals surface area contributed by atoms with E-state index < -0.39 is 11.6 Å². The molecule has 0 saturated carbocycles. The van der Waals surface area contributed by atoms with Gasteiger partial charge in [-0.05, 0) is 48.0 Å². The number of hydrogen-bond donors (Lipinski definition) is 0. The maximum Gasteiger partial charge on any atom is 0.162 e. The van der Waals surface area contributed by atoms with Crippen molar-refractivity contribution >= 4 is 0 Å². The second-order valence-electron chi connectivity index (χ2n) is 6.42. The van der Waals surface area contributed by atoms with E-state index in [1.165, 1.54) is 5.57 Å². The molecule has 0 N–H and O–H groups in total. The maximum absolute atomic E-state index is 14.1. The summed E-state index contributed by atoms with van der Waals surface area (Å²) in [4.78, 5) is 0. The SMILES string of the molecule is C=C=C(C)/C(C=C)=C(\CCC)C(C)(C)Cc1cccc(F)c1F. The average molecular weight is 316 g/mol. The maximum atomic E-state index is 14.1. The molecule has 124 valence electrons. The summed E-state index contributed by atoms with van der Waals surface area (Å²) >= 11 is 0. The van der Waals surface area contributed by atoms with Crippen molar-refractivity contribution in [3.05, 3.63) is 77.1 Å². The molecule has 0 bridgehead atoms. The second kappa shape index (κ2) is 8.08. The van der Waals surface area contributed by atoms with Gasteiger partial charge in [0, 0.05) is 0 Å². The number of allylic oxidation sites excluding steroid dienone is 4. The number of benzene rings is 1. The Labute approximate surface area is 138 Å². The van der Waals surface area contributed by atoms with Crippen LogP contribution in [0.15, 0.2) is 59.9 Å². The van der Waals surface area contributed by atoms with E-state index in [0.717, 1.165) is 30.1 Å². The Morgan fingerprint density at radius 3 is 2.48 bits per heavy atom. The van der Waals surface area contributed by atoms with Crippen molar-refractivity contribution in [1.82, 2.24) is 0 Å². The average Bonchev–Trinajstić information content (AvgIpc) is 2.51. The normalized spacial score (nSPS) is 12.4. The standard InChI is InChI=1S/C21H26F2/c1-7-11-18(17(9-3)15(4)8-2)21(5,6)14-16-12-10-13-19(22)20(16)23/h9-10,12-13H,2-3,7,11,14H2,1,4-6H3/b18-17+. The molecule has 2 heteroatoms. The molecule has 1 aromatic carbocycles. The first-order valence-electron chi connectivity index (χ1n) is 7.94. The van der Waals surface area contributed by atoms with Gasteiger partial charge in [-0.3, -0.25) is 0 Å². The van der Waals surface area contributed by atoms with Gasteiger partial charge in [-0.25, -0.2) is 8.78 Å². The Kier molecular flexibility index (Phi) is 6.72. The van der Waals surface area contributed by atoms with Crippen LogP contribution in [0.2, 0.25) is 0 Å². The zero-order valence-electron chi connectivity index (χ0n) is 14.6. The quantitative estimate of drug-likeness (QED) is 0.395. The zero-order chi connectivity index (χ0) is 17.6. The van der Waals surface area contributed by atoms with Crippen LogP contribution in [0.25, 0.3) is 0 Å². The minimum absolute atomic E-state index is 0.327. The molecule has 0 fully saturated rings. The fraction of sp³-hybridized carbons (Fsp3) is 0.381. The molecule has 0 nitrogen and oxygen atoms in total. The highest BCUT2D eigenvalue weighted by atomic mass is 19.2. The molecule has 0 aliphatic rings. The lowest BCUT2D eigenvalue weighted by Crippen LogP contribution is -2.21. The van der Waals surface area contributed by atoms with Crippen LogP contribution in [0.1, 0.15) is 46.1 Å². The van der Waals surface area contributed by atoms with E-state index >= 15 is 0 Å². The molecule has 0 unspecified atom stereocenters. The van der Waals surface area contributed by atoms with Gasteiger partial charge in [-0.2, -0.15) is 0 Å². The van der Waals surface area contributed by atoms with E-state index in [9.17, 15) is 8.78 Å². The van der Waals surface area contributed by atoms with Gasteiger partial charge in [0.1, 0.15) is 0 Å². The first-order chi connectivity index (χ1) is 10.8. The summed E-state index contributed by atoms with van der Waals surface area (Å²) in [5.74, 6) is -1.56. The van der Waals surface area contributed by atoms with E-state index in [-0.39, 0.29) is 5.41 Å². The molecule has 0 amide bonds. The highest BCUT2D eigenvalue weighted by Gasteiger charge is 2.27. The molecule has 1 aromatic rings. The fourth-order valence-electron chi connectivity index (χ4n) is 2.95. The van der Waals surface area contributed by atoms with Gasteiger partial charge in [-0.1, -0.05) is 64.1 Å². The molecule has 0 heterocycles. The molecule has 1 rings (SSSR count). The van der Waals surface area contributed by atoms with Crippen LogP contribution >= 0.6 is 0 Å². The van der Waals surface area contributed by atoms with E-state index in [1.807, 2.05) is 13.0 Å². The van der Waals surface area contributed by atoms with E-state index in [2.05, 4.69) is 39.7 Å². The Morgan fingerprint density at radius 1 is 1.30 bits per heavy atom. The molecule has 23 heavy (non-hydrogen) atoms. The van der Waals surface area contributed by atoms with Gasteiger partial charge in [0.2, 0.25) is 0 Å². The van der Waals surface area contributed by atoms with Crippen LogP contribution in [0, 0.1) is 17.0 Å². The number of halogens is 2. The monoisotopic (exact) mass is 316 g/mol. The van der Waals surface area contributed by atoms with Crippen molar-refractivity contribution in [1.29, 1.82) is 0 Å². The van der Waals surface area contributed by atoms with Crippen LogP contribution in [0.4, 0.5) is 8.78 Å². The predicted octanol–water partition coefficient (Wildman–Crippen LogP) is 6.55. The summed E-state index contributed by atoms with van der Waals surface area (Å²) in [7, 11) is 0. The van der Waals surface area contributed by atoms with Gasteiger partial charge < -0.3 is 0 Å². The summed E-state index contributed by atoms with van der Waals surface area (Å²) in [5.41, 5.74) is 6.09. The largest absolute Gasteiger partial charge is 0.204 e. The minimum Gasteiger partial charge on any atom is -0.204 e. The van der Waals surface area contributed by atoms with Crippen LogP contribution in [0.3, 0.4) is 0 Å². The molecule has 0 saturated heterocycles. The molecule has 0 aliphatic carbocycles. The Morgan fingerprint density at radius 2 is 1.96 bits per heavy atom. The van der Waals surface area contributed by atoms with E-state index in [4.69, 9.17) is 0 Å². The molecule has 0 aromatic heterocycles. The third-order valence-electron chi connectivity index (χ3n) is 4.18.